The van der Waals surface area contributed by atoms with Crippen molar-refractivity contribution in [1.29, 1.82) is 0 Å². The fourth-order valence-electron chi connectivity index (χ4n) is 4.26. The van der Waals surface area contributed by atoms with Crippen molar-refractivity contribution in [3.8, 4) is 0 Å². The topological polar surface area (TPSA) is 125 Å². The molecule has 4 amide bonds. The van der Waals surface area contributed by atoms with E-state index in [4.69, 9.17) is 0 Å². The molecule has 2 aromatic carbocycles. The first-order valence-electron chi connectivity index (χ1n) is 10.8. The van der Waals surface area contributed by atoms with E-state index in [-0.39, 0.29) is 17.0 Å². The van der Waals surface area contributed by atoms with Crippen LogP contribution in [0.1, 0.15) is 53.6 Å². The van der Waals surface area contributed by atoms with Gasteiger partial charge in [-0.15, -0.1) is 0 Å². The molecule has 2 aliphatic rings. The summed E-state index contributed by atoms with van der Waals surface area (Å²) in [5.74, 6) is -1.23. The lowest BCUT2D eigenvalue weighted by molar-refractivity contribution is -0.134. The second-order valence-electron chi connectivity index (χ2n) is 8.44. The van der Waals surface area contributed by atoms with E-state index >= 15 is 0 Å². The lowest BCUT2D eigenvalue weighted by Gasteiger charge is -2.30. The molecule has 33 heavy (non-hydrogen) atoms. The molecule has 1 spiro atoms. The SMILES string of the molecule is Cc1ccc(C(=O)NN2C(=O)NC3(CCCCC3)C2=O)cc1S(=O)(=O)NCc1ccccc1. The van der Waals surface area contributed by atoms with Crippen LogP contribution in [0, 0.1) is 6.92 Å². The van der Waals surface area contributed by atoms with Crippen molar-refractivity contribution < 1.29 is 22.8 Å². The minimum absolute atomic E-state index is 0.0193. The molecule has 3 N–H and O–H groups in total. The standard InChI is InChI=1S/C23H26N4O5S/c1-16-10-11-18(14-19(16)33(31,32)24-15-17-8-4-2-5-9-17)20(28)26-27-21(29)23(25-22(27)30)12-6-3-7-13-23/h2,4-5,8-11,14,24H,3,6-7,12-13,15H2,1H3,(H,25,30)(H,26,28). The molecule has 1 aliphatic carbocycles. The Bertz CT molecular complexity index is 1190. The molecule has 1 saturated carbocycles. The van der Waals surface area contributed by atoms with E-state index in [0.29, 0.717) is 23.4 Å². The number of sulfonamides is 1. The number of hydrogen-bond acceptors (Lipinski definition) is 5. The number of carbonyl (C=O) groups is 3. The van der Waals surface area contributed by atoms with E-state index in [1.54, 1.807) is 19.1 Å². The minimum atomic E-state index is -3.91. The van der Waals surface area contributed by atoms with Crippen molar-refractivity contribution in [2.75, 3.05) is 0 Å². The quantitative estimate of drug-likeness (QED) is 0.559. The zero-order chi connectivity index (χ0) is 23.6. The number of imide groups is 1. The first kappa shape index (κ1) is 22.9. The molecule has 0 unspecified atom stereocenters. The fourth-order valence-corrected chi connectivity index (χ4v) is 5.55. The van der Waals surface area contributed by atoms with Gasteiger partial charge in [0.15, 0.2) is 0 Å². The van der Waals surface area contributed by atoms with Gasteiger partial charge in [0.1, 0.15) is 5.54 Å². The minimum Gasteiger partial charge on any atom is -0.322 e. The van der Waals surface area contributed by atoms with Crippen molar-refractivity contribution in [2.45, 2.75) is 56.0 Å². The normalized spacial score (nSPS) is 17.8. The van der Waals surface area contributed by atoms with Crippen LogP contribution in [0.15, 0.2) is 53.4 Å². The molecule has 0 aromatic heterocycles. The zero-order valence-corrected chi connectivity index (χ0v) is 19.1. The molecule has 0 radical (unpaired) electrons. The van der Waals surface area contributed by atoms with Gasteiger partial charge in [-0.2, -0.15) is 5.01 Å². The summed E-state index contributed by atoms with van der Waals surface area (Å²) >= 11 is 0. The van der Waals surface area contributed by atoms with Crippen LogP contribution in [0.5, 0.6) is 0 Å². The lowest BCUT2D eigenvalue weighted by Crippen LogP contribution is -2.50. The van der Waals surface area contributed by atoms with Gasteiger partial charge in [-0.3, -0.25) is 15.0 Å². The number of urea groups is 1. The number of nitrogens with one attached hydrogen (secondary N) is 3. The summed E-state index contributed by atoms with van der Waals surface area (Å²) < 4.78 is 28.3. The molecule has 174 valence electrons. The van der Waals surface area contributed by atoms with Crippen molar-refractivity contribution in [3.63, 3.8) is 0 Å². The molecule has 2 fully saturated rings. The Labute approximate surface area is 192 Å². The number of benzene rings is 2. The molecule has 10 heteroatoms. The van der Waals surface area contributed by atoms with Gasteiger partial charge in [0.25, 0.3) is 11.8 Å². The van der Waals surface area contributed by atoms with E-state index in [1.165, 1.54) is 18.2 Å². The molecule has 4 rings (SSSR count). The van der Waals surface area contributed by atoms with Crippen LogP contribution in [0.2, 0.25) is 0 Å². The van der Waals surface area contributed by atoms with Crippen LogP contribution < -0.4 is 15.5 Å². The van der Waals surface area contributed by atoms with Crippen LogP contribution in [0.3, 0.4) is 0 Å². The Hall–Kier alpha value is -3.24. The highest BCUT2D eigenvalue weighted by atomic mass is 32.2. The van der Waals surface area contributed by atoms with E-state index in [0.717, 1.165) is 24.8 Å². The maximum atomic E-state index is 12.9. The summed E-state index contributed by atoms with van der Waals surface area (Å²) in [5.41, 5.74) is 2.65. The Morgan fingerprint density at radius 1 is 1.06 bits per heavy atom. The fraction of sp³-hybridized carbons (Fsp3) is 0.348. The molecule has 0 atom stereocenters. The van der Waals surface area contributed by atoms with Crippen molar-refractivity contribution in [2.24, 2.45) is 0 Å². The Balaban J connectivity index is 1.50. The van der Waals surface area contributed by atoms with Crippen molar-refractivity contribution in [1.82, 2.24) is 20.5 Å². The third-order valence-electron chi connectivity index (χ3n) is 6.13. The second-order valence-corrected chi connectivity index (χ2v) is 10.2. The van der Waals surface area contributed by atoms with E-state index in [2.05, 4.69) is 15.5 Å². The molecule has 0 bridgehead atoms. The Morgan fingerprint density at radius 2 is 1.76 bits per heavy atom. The van der Waals surface area contributed by atoms with Crippen LogP contribution in [0.25, 0.3) is 0 Å². The predicted octanol–water partition coefficient (Wildman–Crippen LogP) is 2.37. The number of nitrogens with zero attached hydrogens (tertiary/aromatic N) is 1. The van der Waals surface area contributed by atoms with Gasteiger partial charge in [-0.05, 0) is 43.0 Å². The molecular weight excluding hydrogens is 444 g/mol. The summed E-state index contributed by atoms with van der Waals surface area (Å²) in [6.45, 7) is 1.73. The largest absolute Gasteiger partial charge is 0.344 e. The molecule has 2 aromatic rings. The third kappa shape index (κ3) is 4.62. The predicted molar refractivity (Wildman–Crippen MR) is 120 cm³/mol. The third-order valence-corrected chi connectivity index (χ3v) is 7.67. The van der Waals surface area contributed by atoms with E-state index in [1.807, 2.05) is 18.2 Å². The van der Waals surface area contributed by atoms with Crippen LogP contribution >= 0.6 is 0 Å². The zero-order valence-electron chi connectivity index (χ0n) is 18.3. The number of hydrogen-bond donors (Lipinski definition) is 3. The van der Waals surface area contributed by atoms with Gasteiger partial charge in [-0.25, -0.2) is 17.9 Å². The smallest absolute Gasteiger partial charge is 0.322 e. The van der Waals surface area contributed by atoms with Crippen molar-refractivity contribution >= 4 is 27.9 Å². The monoisotopic (exact) mass is 470 g/mol. The van der Waals surface area contributed by atoms with Crippen molar-refractivity contribution in [3.05, 3.63) is 65.2 Å². The molecular formula is C23H26N4O5S. The maximum absolute atomic E-state index is 12.9. The number of aryl methyl sites for hydroxylation is 1. The van der Waals surface area contributed by atoms with Gasteiger partial charge >= 0.3 is 6.03 Å². The first-order valence-corrected chi connectivity index (χ1v) is 12.3. The molecule has 1 heterocycles. The Morgan fingerprint density at radius 3 is 2.45 bits per heavy atom. The summed E-state index contributed by atoms with van der Waals surface area (Å²) in [6, 6.07) is 12.6. The summed E-state index contributed by atoms with van der Waals surface area (Å²) in [5, 5.41) is 3.42. The highest BCUT2D eigenvalue weighted by Crippen LogP contribution is 2.33. The lowest BCUT2D eigenvalue weighted by atomic mass is 9.82. The van der Waals surface area contributed by atoms with Gasteiger partial charge in [0, 0.05) is 12.1 Å². The molecule has 1 aliphatic heterocycles. The number of rotatable bonds is 6. The summed E-state index contributed by atoms with van der Waals surface area (Å²) in [7, 11) is -3.91. The average molecular weight is 471 g/mol. The van der Waals surface area contributed by atoms with Gasteiger partial charge < -0.3 is 5.32 Å². The van der Waals surface area contributed by atoms with Crippen LogP contribution in [-0.4, -0.2) is 36.8 Å². The second kappa shape index (κ2) is 8.95. The number of hydrazine groups is 1. The number of carbonyl (C=O) groups excluding carboxylic acids is 3. The molecule has 9 nitrogen and oxygen atoms in total. The highest BCUT2D eigenvalue weighted by molar-refractivity contribution is 7.89. The van der Waals surface area contributed by atoms with Gasteiger partial charge in [-0.1, -0.05) is 55.7 Å². The summed E-state index contributed by atoms with van der Waals surface area (Å²) in [6.07, 6.45) is 3.70. The van der Waals surface area contributed by atoms with E-state index in [9.17, 15) is 22.8 Å². The molecule has 1 saturated heterocycles. The first-order chi connectivity index (χ1) is 15.7. The average Bonchev–Trinajstić information content (AvgIpc) is 3.02. The Kier molecular flexibility index (Phi) is 6.22. The van der Waals surface area contributed by atoms with Gasteiger partial charge in [0.2, 0.25) is 10.0 Å². The van der Waals surface area contributed by atoms with Crippen LogP contribution in [0.4, 0.5) is 4.79 Å². The summed E-state index contributed by atoms with van der Waals surface area (Å²) in [4.78, 5) is 38.1. The maximum Gasteiger partial charge on any atom is 0.344 e. The highest BCUT2D eigenvalue weighted by Gasteiger charge is 2.52. The number of amides is 4. The van der Waals surface area contributed by atoms with Gasteiger partial charge in [0.05, 0.1) is 4.90 Å². The van der Waals surface area contributed by atoms with Crippen LogP contribution in [-0.2, 0) is 21.4 Å². The van der Waals surface area contributed by atoms with E-state index < -0.39 is 33.4 Å².